The minimum Gasteiger partial charge on any atom is -0.489 e. The van der Waals surface area contributed by atoms with Gasteiger partial charge in [0.15, 0.2) is 0 Å². The molecule has 0 aliphatic heterocycles. The Bertz CT molecular complexity index is 1090. The van der Waals surface area contributed by atoms with Gasteiger partial charge in [0.05, 0.1) is 4.92 Å². The van der Waals surface area contributed by atoms with Gasteiger partial charge in [0.1, 0.15) is 18.2 Å². The number of amides is 2. The summed E-state index contributed by atoms with van der Waals surface area (Å²) in [6.45, 7) is 0.189. The molecule has 0 radical (unpaired) electrons. The van der Waals surface area contributed by atoms with Gasteiger partial charge in [-0.25, -0.2) is 4.39 Å². The standard InChI is InChI=1S/C21H16FN3O5/c22-17-9-7-14(8-10-17)13-30-19-6-2-4-16(12-19)21(27)24-23-20(26)15-3-1-5-18(11-15)25(28)29/h1-12H,13H2,(H,23,26)(H,24,27). The molecule has 0 heterocycles. The van der Waals surface area contributed by atoms with E-state index in [1.54, 1.807) is 24.3 Å². The minimum absolute atomic E-state index is 0.0286. The first-order valence-electron chi connectivity index (χ1n) is 8.75. The fourth-order valence-electron chi connectivity index (χ4n) is 2.49. The average Bonchev–Trinajstić information content (AvgIpc) is 2.77. The third kappa shape index (κ3) is 5.38. The van der Waals surface area contributed by atoms with Crippen LogP contribution in [0.5, 0.6) is 5.75 Å². The molecule has 30 heavy (non-hydrogen) atoms. The van der Waals surface area contributed by atoms with Crippen molar-refractivity contribution in [2.24, 2.45) is 0 Å². The first-order chi connectivity index (χ1) is 14.4. The van der Waals surface area contributed by atoms with Gasteiger partial charge in [-0.1, -0.05) is 24.3 Å². The van der Waals surface area contributed by atoms with Crippen molar-refractivity contribution in [3.8, 4) is 5.75 Å². The van der Waals surface area contributed by atoms with Crippen molar-refractivity contribution in [1.29, 1.82) is 0 Å². The molecule has 3 rings (SSSR count). The van der Waals surface area contributed by atoms with Gasteiger partial charge < -0.3 is 4.74 Å². The second-order valence-corrected chi connectivity index (χ2v) is 6.16. The van der Waals surface area contributed by atoms with Gasteiger partial charge in [-0.05, 0) is 42.0 Å². The first-order valence-corrected chi connectivity index (χ1v) is 8.75. The van der Waals surface area contributed by atoms with Crippen molar-refractivity contribution < 1.29 is 23.6 Å². The Kier molecular flexibility index (Phi) is 6.33. The van der Waals surface area contributed by atoms with Crippen LogP contribution in [0.1, 0.15) is 26.3 Å². The number of ether oxygens (including phenoxy) is 1. The second kappa shape index (κ2) is 9.28. The molecule has 2 amide bonds. The summed E-state index contributed by atoms with van der Waals surface area (Å²) in [5.41, 5.74) is 5.24. The van der Waals surface area contributed by atoms with Crippen molar-refractivity contribution in [1.82, 2.24) is 10.9 Å². The van der Waals surface area contributed by atoms with Crippen LogP contribution in [0.3, 0.4) is 0 Å². The summed E-state index contributed by atoms with van der Waals surface area (Å²) in [6, 6.07) is 17.2. The molecule has 3 aromatic carbocycles. The minimum atomic E-state index is -0.698. The molecule has 0 aliphatic carbocycles. The number of nitro groups is 1. The summed E-state index contributed by atoms with van der Waals surface area (Å²) in [6.07, 6.45) is 0. The molecule has 8 nitrogen and oxygen atoms in total. The van der Waals surface area contributed by atoms with Crippen LogP contribution >= 0.6 is 0 Å². The number of hydrazine groups is 1. The highest BCUT2D eigenvalue weighted by molar-refractivity contribution is 5.99. The number of rotatable bonds is 6. The molecule has 0 aromatic heterocycles. The van der Waals surface area contributed by atoms with Gasteiger partial charge >= 0.3 is 0 Å². The number of hydrogen-bond acceptors (Lipinski definition) is 5. The fraction of sp³-hybridized carbons (Fsp3) is 0.0476. The number of non-ortho nitro benzene ring substituents is 1. The molecule has 3 aromatic rings. The maximum atomic E-state index is 12.9. The first kappa shape index (κ1) is 20.5. The molecule has 0 fully saturated rings. The highest BCUT2D eigenvalue weighted by Crippen LogP contribution is 2.16. The van der Waals surface area contributed by atoms with Crippen LogP contribution in [-0.4, -0.2) is 16.7 Å². The van der Waals surface area contributed by atoms with Crippen LogP contribution in [-0.2, 0) is 6.61 Å². The number of nitrogens with one attached hydrogen (secondary N) is 2. The van der Waals surface area contributed by atoms with Gasteiger partial charge in [-0.3, -0.25) is 30.6 Å². The Morgan fingerprint density at radius 3 is 2.13 bits per heavy atom. The van der Waals surface area contributed by atoms with Crippen molar-refractivity contribution in [2.75, 3.05) is 0 Å². The highest BCUT2D eigenvalue weighted by atomic mass is 19.1. The smallest absolute Gasteiger partial charge is 0.270 e. The second-order valence-electron chi connectivity index (χ2n) is 6.16. The predicted molar refractivity (Wildman–Crippen MR) is 105 cm³/mol. The molecule has 0 saturated carbocycles. The summed E-state index contributed by atoms with van der Waals surface area (Å²) in [7, 11) is 0. The molecule has 0 unspecified atom stereocenters. The zero-order valence-electron chi connectivity index (χ0n) is 15.5. The molecule has 152 valence electrons. The van der Waals surface area contributed by atoms with Crippen LogP contribution in [0.15, 0.2) is 72.8 Å². The lowest BCUT2D eigenvalue weighted by atomic mass is 10.2. The third-order valence-electron chi connectivity index (χ3n) is 4.02. The van der Waals surface area contributed by atoms with Crippen LogP contribution in [0.4, 0.5) is 10.1 Å². The van der Waals surface area contributed by atoms with Gasteiger partial charge in [0.25, 0.3) is 17.5 Å². The maximum Gasteiger partial charge on any atom is 0.270 e. The van der Waals surface area contributed by atoms with Gasteiger partial charge in [0, 0.05) is 23.3 Å². The SMILES string of the molecule is O=C(NNC(=O)c1cccc([N+](=O)[O-])c1)c1cccc(OCc2ccc(F)cc2)c1. The van der Waals surface area contributed by atoms with Crippen molar-refractivity contribution in [3.05, 3.63) is 105 Å². The molecule has 9 heteroatoms. The largest absolute Gasteiger partial charge is 0.489 e. The third-order valence-corrected chi connectivity index (χ3v) is 4.02. The summed E-state index contributed by atoms with van der Waals surface area (Å²) in [4.78, 5) is 34.6. The Morgan fingerprint density at radius 1 is 0.900 bits per heavy atom. The highest BCUT2D eigenvalue weighted by Gasteiger charge is 2.13. The lowest BCUT2D eigenvalue weighted by molar-refractivity contribution is -0.384. The zero-order valence-corrected chi connectivity index (χ0v) is 15.5. The Labute approximate surface area is 170 Å². The number of benzene rings is 3. The molecule has 0 bridgehead atoms. The summed E-state index contributed by atoms with van der Waals surface area (Å²) < 4.78 is 18.5. The number of nitro benzene ring substituents is 1. The van der Waals surface area contributed by atoms with E-state index >= 15 is 0 Å². The van der Waals surface area contributed by atoms with Crippen LogP contribution in [0.25, 0.3) is 0 Å². The van der Waals surface area contributed by atoms with E-state index in [2.05, 4.69) is 10.9 Å². The summed E-state index contributed by atoms with van der Waals surface area (Å²) in [5.74, 6) is -1.22. The monoisotopic (exact) mass is 409 g/mol. The van der Waals surface area contributed by atoms with E-state index in [4.69, 9.17) is 4.74 Å². The quantitative estimate of drug-likeness (QED) is 0.479. The predicted octanol–water partition coefficient (Wildman–Crippen LogP) is 3.39. The molecular formula is C21H16FN3O5. The van der Waals surface area contributed by atoms with Gasteiger partial charge in [-0.2, -0.15) is 0 Å². The van der Waals surface area contributed by atoms with E-state index in [0.29, 0.717) is 5.75 Å². The Morgan fingerprint density at radius 2 is 1.50 bits per heavy atom. The van der Waals surface area contributed by atoms with E-state index in [9.17, 15) is 24.1 Å². The number of halogens is 1. The maximum absolute atomic E-state index is 12.9. The topological polar surface area (TPSA) is 111 Å². The Hall–Kier alpha value is -4.27. The van der Waals surface area contributed by atoms with Crippen LogP contribution < -0.4 is 15.6 Å². The van der Waals surface area contributed by atoms with Gasteiger partial charge in [0.2, 0.25) is 0 Å². The molecule has 0 aliphatic rings. The van der Waals surface area contributed by atoms with Crippen molar-refractivity contribution in [2.45, 2.75) is 6.61 Å². The number of carbonyl (C=O) groups excluding carboxylic acids is 2. The molecule has 2 N–H and O–H groups in total. The Balaban J connectivity index is 1.58. The molecule has 0 spiro atoms. The van der Waals surface area contributed by atoms with Crippen LogP contribution in [0.2, 0.25) is 0 Å². The number of carbonyl (C=O) groups is 2. The summed E-state index contributed by atoms with van der Waals surface area (Å²) >= 11 is 0. The van der Waals surface area contributed by atoms with Crippen molar-refractivity contribution >= 4 is 17.5 Å². The van der Waals surface area contributed by atoms with Gasteiger partial charge in [-0.15, -0.1) is 0 Å². The average molecular weight is 409 g/mol. The van der Waals surface area contributed by atoms with Crippen molar-refractivity contribution in [3.63, 3.8) is 0 Å². The molecular weight excluding hydrogens is 393 g/mol. The van der Waals surface area contributed by atoms with E-state index in [1.165, 1.54) is 42.5 Å². The van der Waals surface area contributed by atoms with E-state index in [-0.39, 0.29) is 29.2 Å². The molecule has 0 atom stereocenters. The summed E-state index contributed by atoms with van der Waals surface area (Å²) in [5, 5.41) is 10.8. The fourth-order valence-corrected chi connectivity index (χ4v) is 2.49. The number of nitrogens with zero attached hydrogens (tertiary/aromatic N) is 1. The lowest BCUT2D eigenvalue weighted by Crippen LogP contribution is -2.41. The van der Waals surface area contributed by atoms with Crippen LogP contribution in [0, 0.1) is 15.9 Å². The normalized spacial score (nSPS) is 10.2. The molecule has 0 saturated heterocycles. The zero-order chi connectivity index (χ0) is 21.5. The van der Waals surface area contributed by atoms with E-state index in [1.807, 2.05) is 0 Å². The van der Waals surface area contributed by atoms with E-state index < -0.39 is 16.7 Å². The van der Waals surface area contributed by atoms with E-state index in [0.717, 1.165) is 11.6 Å². The lowest BCUT2D eigenvalue weighted by Gasteiger charge is -2.10. The number of hydrogen-bond donors (Lipinski definition) is 2.